The third-order valence-corrected chi connectivity index (χ3v) is 3.18. The van der Waals surface area contributed by atoms with Gasteiger partial charge in [-0.15, -0.1) is 0 Å². The number of hydrogen-bond donors (Lipinski definition) is 3. The Bertz CT molecular complexity index is 280. The van der Waals surface area contributed by atoms with Crippen LogP contribution < -0.4 is 10.6 Å². The van der Waals surface area contributed by atoms with Gasteiger partial charge in [0.1, 0.15) is 6.04 Å². The molecule has 1 heterocycles. The van der Waals surface area contributed by atoms with E-state index in [1.807, 2.05) is 13.8 Å². The zero-order valence-corrected chi connectivity index (χ0v) is 9.88. The molecule has 5 nitrogen and oxygen atoms in total. The molecule has 0 aromatic heterocycles. The normalized spacial score (nSPS) is 23.7. The van der Waals surface area contributed by atoms with E-state index in [9.17, 15) is 9.59 Å². The van der Waals surface area contributed by atoms with E-state index in [1.54, 1.807) is 0 Å². The molecule has 0 spiro atoms. The van der Waals surface area contributed by atoms with Crippen molar-refractivity contribution in [2.75, 3.05) is 6.61 Å². The Morgan fingerprint density at radius 1 is 1.69 bits per heavy atom. The number of aliphatic hydroxyl groups excluding tert-OH is 1. The van der Waals surface area contributed by atoms with E-state index >= 15 is 0 Å². The molecule has 2 atom stereocenters. The summed E-state index contributed by atoms with van der Waals surface area (Å²) in [5.41, 5.74) is -0.390. The second-order valence-electron chi connectivity index (χ2n) is 4.54. The average Bonchev–Trinajstić information content (AvgIpc) is 2.65. The van der Waals surface area contributed by atoms with E-state index in [4.69, 9.17) is 5.11 Å². The minimum Gasteiger partial charge on any atom is -0.396 e. The maximum atomic E-state index is 11.8. The van der Waals surface area contributed by atoms with E-state index in [2.05, 4.69) is 10.6 Å². The topological polar surface area (TPSA) is 78.4 Å². The molecule has 0 bridgehead atoms. The lowest BCUT2D eigenvalue weighted by molar-refractivity contribution is -0.127. The van der Waals surface area contributed by atoms with Gasteiger partial charge in [-0.05, 0) is 26.2 Å². The standard InChI is InChI=1S/C11H20N2O3/c1-3-11(2,6-7-14)13-10(16)8-4-5-9(15)12-8/h8,14H,3-7H2,1-2H3,(H,12,15)(H,13,16)/t8-,11?/m0/s1. The predicted molar refractivity (Wildman–Crippen MR) is 59.7 cm³/mol. The number of rotatable bonds is 5. The number of carbonyl (C=O) groups is 2. The van der Waals surface area contributed by atoms with Crippen LogP contribution in [0, 0.1) is 0 Å². The maximum absolute atomic E-state index is 11.8. The second-order valence-corrected chi connectivity index (χ2v) is 4.54. The summed E-state index contributed by atoms with van der Waals surface area (Å²) in [6, 6.07) is -0.405. The number of nitrogens with one attached hydrogen (secondary N) is 2. The Morgan fingerprint density at radius 3 is 2.81 bits per heavy atom. The monoisotopic (exact) mass is 228 g/mol. The fourth-order valence-electron chi connectivity index (χ4n) is 1.77. The summed E-state index contributed by atoms with van der Waals surface area (Å²) in [6.07, 6.45) is 2.25. The van der Waals surface area contributed by atoms with Crippen LogP contribution in [0.5, 0.6) is 0 Å². The van der Waals surface area contributed by atoms with Gasteiger partial charge in [-0.3, -0.25) is 9.59 Å². The fourth-order valence-corrected chi connectivity index (χ4v) is 1.77. The molecule has 1 unspecified atom stereocenters. The van der Waals surface area contributed by atoms with E-state index in [1.165, 1.54) is 0 Å². The van der Waals surface area contributed by atoms with Gasteiger partial charge in [0.05, 0.1) is 0 Å². The Kier molecular flexibility index (Phi) is 4.29. The first-order valence-corrected chi connectivity index (χ1v) is 5.73. The van der Waals surface area contributed by atoms with Crippen molar-refractivity contribution in [3.8, 4) is 0 Å². The first kappa shape index (κ1) is 13.0. The van der Waals surface area contributed by atoms with Crippen LogP contribution in [0.3, 0.4) is 0 Å². The molecule has 0 radical (unpaired) electrons. The Balaban J connectivity index is 2.52. The van der Waals surface area contributed by atoms with E-state index in [0.717, 1.165) is 6.42 Å². The summed E-state index contributed by atoms with van der Waals surface area (Å²) in [6.45, 7) is 3.91. The lowest BCUT2D eigenvalue weighted by atomic mass is 9.94. The molecule has 1 fully saturated rings. The van der Waals surface area contributed by atoms with Gasteiger partial charge in [-0.1, -0.05) is 6.92 Å². The maximum Gasteiger partial charge on any atom is 0.243 e. The highest BCUT2D eigenvalue weighted by Gasteiger charge is 2.31. The lowest BCUT2D eigenvalue weighted by Gasteiger charge is -2.30. The molecule has 1 rings (SSSR count). The summed E-state index contributed by atoms with van der Waals surface area (Å²) in [4.78, 5) is 22.8. The number of carbonyl (C=O) groups excluding carboxylic acids is 2. The molecule has 1 aliphatic rings. The van der Waals surface area contributed by atoms with Crippen molar-refractivity contribution in [1.29, 1.82) is 0 Å². The number of hydrogen-bond acceptors (Lipinski definition) is 3. The van der Waals surface area contributed by atoms with Crippen LogP contribution in [-0.4, -0.2) is 35.1 Å². The summed E-state index contributed by atoms with van der Waals surface area (Å²) >= 11 is 0. The Labute approximate surface area is 95.6 Å². The van der Waals surface area contributed by atoms with Gasteiger partial charge in [0.25, 0.3) is 0 Å². The van der Waals surface area contributed by atoms with Gasteiger partial charge >= 0.3 is 0 Å². The van der Waals surface area contributed by atoms with Crippen LogP contribution in [0.4, 0.5) is 0 Å². The summed E-state index contributed by atoms with van der Waals surface area (Å²) in [5, 5.41) is 14.5. The zero-order valence-electron chi connectivity index (χ0n) is 9.88. The Hall–Kier alpha value is -1.10. The molecule has 3 N–H and O–H groups in total. The quantitative estimate of drug-likeness (QED) is 0.616. The van der Waals surface area contributed by atoms with Crippen molar-refractivity contribution < 1.29 is 14.7 Å². The molecule has 0 aromatic carbocycles. The van der Waals surface area contributed by atoms with Crippen LogP contribution >= 0.6 is 0 Å². The molecule has 0 saturated carbocycles. The largest absolute Gasteiger partial charge is 0.396 e. The fraction of sp³-hybridized carbons (Fsp3) is 0.818. The zero-order chi connectivity index (χ0) is 12.2. The molecule has 2 amide bonds. The molecule has 92 valence electrons. The smallest absolute Gasteiger partial charge is 0.243 e. The van der Waals surface area contributed by atoms with Crippen LogP contribution in [0.1, 0.15) is 39.5 Å². The van der Waals surface area contributed by atoms with Crippen molar-refractivity contribution in [3.05, 3.63) is 0 Å². The molecule has 1 aliphatic heterocycles. The third-order valence-electron chi connectivity index (χ3n) is 3.18. The SMILES string of the molecule is CCC(C)(CCO)NC(=O)[C@@H]1CCC(=O)N1. The molecule has 1 saturated heterocycles. The highest BCUT2D eigenvalue weighted by molar-refractivity contribution is 5.91. The van der Waals surface area contributed by atoms with Crippen molar-refractivity contribution in [2.45, 2.75) is 51.1 Å². The second kappa shape index (κ2) is 5.30. The van der Waals surface area contributed by atoms with Crippen LogP contribution in [0.25, 0.3) is 0 Å². The van der Waals surface area contributed by atoms with Crippen LogP contribution in [-0.2, 0) is 9.59 Å². The highest BCUT2D eigenvalue weighted by atomic mass is 16.3. The van der Waals surface area contributed by atoms with Crippen molar-refractivity contribution >= 4 is 11.8 Å². The first-order valence-electron chi connectivity index (χ1n) is 5.73. The average molecular weight is 228 g/mol. The van der Waals surface area contributed by atoms with E-state index in [0.29, 0.717) is 19.3 Å². The van der Waals surface area contributed by atoms with Gasteiger partial charge in [-0.25, -0.2) is 0 Å². The molecule has 5 heteroatoms. The van der Waals surface area contributed by atoms with E-state index < -0.39 is 6.04 Å². The molecule has 16 heavy (non-hydrogen) atoms. The first-order chi connectivity index (χ1) is 7.50. The van der Waals surface area contributed by atoms with Gasteiger partial charge in [-0.2, -0.15) is 0 Å². The van der Waals surface area contributed by atoms with Crippen molar-refractivity contribution in [3.63, 3.8) is 0 Å². The minimum atomic E-state index is -0.405. The summed E-state index contributed by atoms with van der Waals surface area (Å²) < 4.78 is 0. The van der Waals surface area contributed by atoms with E-state index in [-0.39, 0.29) is 24.0 Å². The van der Waals surface area contributed by atoms with Crippen LogP contribution in [0.15, 0.2) is 0 Å². The molecule has 0 aromatic rings. The molecule has 0 aliphatic carbocycles. The lowest BCUT2D eigenvalue weighted by Crippen LogP contribution is -2.52. The van der Waals surface area contributed by atoms with Gasteiger partial charge in [0, 0.05) is 18.6 Å². The van der Waals surface area contributed by atoms with Gasteiger partial charge in [0.15, 0.2) is 0 Å². The Morgan fingerprint density at radius 2 is 2.38 bits per heavy atom. The summed E-state index contributed by atoms with van der Waals surface area (Å²) in [7, 11) is 0. The number of amides is 2. The van der Waals surface area contributed by atoms with Gasteiger partial charge in [0.2, 0.25) is 11.8 Å². The molecular formula is C11H20N2O3. The molecular weight excluding hydrogens is 208 g/mol. The van der Waals surface area contributed by atoms with Crippen molar-refractivity contribution in [1.82, 2.24) is 10.6 Å². The van der Waals surface area contributed by atoms with Crippen LogP contribution in [0.2, 0.25) is 0 Å². The summed E-state index contributed by atoms with van der Waals surface area (Å²) in [5.74, 6) is -0.218. The highest BCUT2D eigenvalue weighted by Crippen LogP contribution is 2.15. The third kappa shape index (κ3) is 3.20. The minimum absolute atomic E-state index is 0.0433. The van der Waals surface area contributed by atoms with Gasteiger partial charge < -0.3 is 15.7 Å². The number of aliphatic hydroxyl groups is 1. The van der Waals surface area contributed by atoms with Crippen molar-refractivity contribution in [2.24, 2.45) is 0 Å². The predicted octanol–water partition coefficient (Wildman–Crippen LogP) is -0.0677.